The molecular formula is C18H30N4O8. The van der Waals surface area contributed by atoms with Gasteiger partial charge in [0.05, 0.1) is 18.6 Å². The van der Waals surface area contributed by atoms with Gasteiger partial charge in [-0.15, -0.1) is 0 Å². The van der Waals surface area contributed by atoms with Gasteiger partial charge in [-0.1, -0.05) is 13.8 Å². The van der Waals surface area contributed by atoms with Crippen LogP contribution in [0.4, 0.5) is 0 Å². The molecule has 0 radical (unpaired) electrons. The van der Waals surface area contributed by atoms with Crippen LogP contribution in [-0.4, -0.2) is 86.7 Å². The van der Waals surface area contributed by atoms with Crippen molar-refractivity contribution in [2.24, 2.45) is 11.7 Å². The lowest BCUT2D eigenvalue weighted by atomic mass is 10.0. The predicted molar refractivity (Wildman–Crippen MR) is 103 cm³/mol. The Balaban J connectivity index is 2.93. The summed E-state index contributed by atoms with van der Waals surface area (Å²) in [7, 11) is 0. The van der Waals surface area contributed by atoms with Crippen molar-refractivity contribution in [2.75, 3.05) is 6.54 Å². The zero-order chi connectivity index (χ0) is 23.2. The molecule has 0 aliphatic carbocycles. The summed E-state index contributed by atoms with van der Waals surface area (Å²) in [5.41, 5.74) is 5.55. The monoisotopic (exact) mass is 430 g/mol. The van der Waals surface area contributed by atoms with Crippen molar-refractivity contribution in [1.29, 1.82) is 0 Å². The second-order valence-electron chi connectivity index (χ2n) is 7.69. The number of likely N-dealkylation sites (tertiary alicyclic amines) is 1. The molecule has 170 valence electrons. The Morgan fingerprint density at radius 2 is 1.67 bits per heavy atom. The summed E-state index contributed by atoms with van der Waals surface area (Å²) in [5.74, 6) is -5.12. The first-order chi connectivity index (χ1) is 13.9. The number of aliphatic hydroxyl groups excluding tert-OH is 1. The third-order valence-corrected chi connectivity index (χ3v) is 4.85. The van der Waals surface area contributed by atoms with Gasteiger partial charge in [0, 0.05) is 6.54 Å². The first kappa shape index (κ1) is 25.3. The van der Waals surface area contributed by atoms with E-state index in [9.17, 15) is 29.1 Å². The van der Waals surface area contributed by atoms with E-state index >= 15 is 0 Å². The Hall–Kier alpha value is -2.73. The van der Waals surface area contributed by atoms with Crippen LogP contribution in [0.3, 0.4) is 0 Å². The predicted octanol–water partition coefficient (Wildman–Crippen LogP) is -2.13. The lowest BCUT2D eigenvalue weighted by Crippen LogP contribution is -2.59. The average molecular weight is 430 g/mol. The molecular weight excluding hydrogens is 400 g/mol. The zero-order valence-corrected chi connectivity index (χ0v) is 17.2. The lowest BCUT2D eigenvalue weighted by molar-refractivity contribution is -0.147. The highest BCUT2D eigenvalue weighted by Gasteiger charge is 2.40. The van der Waals surface area contributed by atoms with E-state index in [0.717, 1.165) is 0 Å². The van der Waals surface area contributed by atoms with E-state index < -0.39 is 66.4 Å². The smallest absolute Gasteiger partial charge is 0.328 e. The Morgan fingerprint density at radius 3 is 2.13 bits per heavy atom. The van der Waals surface area contributed by atoms with E-state index in [4.69, 9.17) is 15.9 Å². The van der Waals surface area contributed by atoms with E-state index in [1.807, 2.05) is 0 Å². The Bertz CT molecular complexity index is 681. The average Bonchev–Trinajstić information content (AvgIpc) is 3.11. The van der Waals surface area contributed by atoms with E-state index in [-0.39, 0.29) is 12.5 Å². The maximum Gasteiger partial charge on any atom is 0.328 e. The van der Waals surface area contributed by atoms with Crippen molar-refractivity contribution in [2.45, 2.75) is 70.3 Å². The fourth-order valence-electron chi connectivity index (χ4n) is 3.17. The summed E-state index contributed by atoms with van der Waals surface area (Å²) >= 11 is 0. The number of aliphatic carboxylic acids is 2. The first-order valence-electron chi connectivity index (χ1n) is 9.66. The highest BCUT2D eigenvalue weighted by molar-refractivity contribution is 5.95. The number of rotatable bonds is 10. The van der Waals surface area contributed by atoms with Crippen LogP contribution in [-0.2, 0) is 24.0 Å². The standard InChI is InChI=1S/C18H30N4O8/c1-8(2)13(20-15(26)10(19)7-12(24)25)17(28)22-6-4-5-11(22)16(27)21-14(9(3)23)18(29)30/h8-11,13-14,23H,4-7,19H2,1-3H3,(H,20,26)(H,21,27)(H,24,25)(H,29,30). The lowest BCUT2D eigenvalue weighted by Gasteiger charge is -2.31. The number of nitrogens with one attached hydrogen (secondary N) is 2. The van der Waals surface area contributed by atoms with Crippen LogP contribution in [0.2, 0.25) is 0 Å². The van der Waals surface area contributed by atoms with Crippen LogP contribution in [0.1, 0.15) is 40.0 Å². The molecule has 0 aromatic heterocycles. The molecule has 5 atom stereocenters. The van der Waals surface area contributed by atoms with Crippen molar-refractivity contribution in [3.63, 3.8) is 0 Å². The fourth-order valence-corrected chi connectivity index (χ4v) is 3.17. The third-order valence-electron chi connectivity index (χ3n) is 4.85. The van der Waals surface area contributed by atoms with Crippen LogP contribution < -0.4 is 16.4 Å². The Morgan fingerprint density at radius 1 is 1.07 bits per heavy atom. The topological polar surface area (TPSA) is 199 Å². The maximum atomic E-state index is 13.0. The van der Waals surface area contributed by atoms with Gasteiger partial charge >= 0.3 is 11.9 Å². The van der Waals surface area contributed by atoms with E-state index in [0.29, 0.717) is 12.8 Å². The summed E-state index contributed by atoms with van der Waals surface area (Å²) < 4.78 is 0. The van der Waals surface area contributed by atoms with E-state index in [1.54, 1.807) is 13.8 Å². The van der Waals surface area contributed by atoms with Gasteiger partial charge in [0.1, 0.15) is 12.1 Å². The van der Waals surface area contributed by atoms with Gasteiger partial charge in [0.15, 0.2) is 6.04 Å². The van der Waals surface area contributed by atoms with Gasteiger partial charge in [-0.25, -0.2) is 4.79 Å². The van der Waals surface area contributed by atoms with Crippen molar-refractivity contribution in [3.8, 4) is 0 Å². The molecule has 0 aromatic rings. The van der Waals surface area contributed by atoms with E-state index in [1.165, 1.54) is 11.8 Å². The van der Waals surface area contributed by atoms with Gasteiger partial charge in [-0.3, -0.25) is 19.2 Å². The minimum absolute atomic E-state index is 0.226. The van der Waals surface area contributed by atoms with Crippen molar-refractivity contribution in [1.82, 2.24) is 15.5 Å². The molecule has 1 rings (SSSR count). The zero-order valence-electron chi connectivity index (χ0n) is 17.2. The molecule has 12 nitrogen and oxygen atoms in total. The number of carbonyl (C=O) groups is 5. The summed E-state index contributed by atoms with van der Waals surface area (Å²) in [6.45, 7) is 4.79. The third kappa shape index (κ3) is 6.66. The molecule has 1 heterocycles. The normalized spacial score (nSPS) is 20.2. The summed E-state index contributed by atoms with van der Waals surface area (Å²) in [5, 5.41) is 32.1. The molecule has 1 fully saturated rings. The molecule has 7 N–H and O–H groups in total. The molecule has 12 heteroatoms. The molecule has 1 saturated heterocycles. The van der Waals surface area contributed by atoms with Crippen LogP contribution >= 0.6 is 0 Å². The van der Waals surface area contributed by atoms with Crippen LogP contribution in [0.5, 0.6) is 0 Å². The highest BCUT2D eigenvalue weighted by atomic mass is 16.4. The molecule has 3 amide bonds. The Labute approximate surface area is 173 Å². The van der Waals surface area contributed by atoms with E-state index in [2.05, 4.69) is 10.6 Å². The molecule has 0 bridgehead atoms. The highest BCUT2D eigenvalue weighted by Crippen LogP contribution is 2.21. The molecule has 1 aliphatic heterocycles. The largest absolute Gasteiger partial charge is 0.481 e. The SMILES string of the molecule is CC(C)C(NC(=O)C(N)CC(=O)O)C(=O)N1CCCC1C(=O)NC(C(=O)O)C(C)O. The van der Waals surface area contributed by atoms with Crippen molar-refractivity contribution in [3.05, 3.63) is 0 Å². The minimum atomic E-state index is -1.52. The van der Waals surface area contributed by atoms with Gasteiger partial charge < -0.3 is 36.6 Å². The van der Waals surface area contributed by atoms with Crippen LogP contribution in [0.15, 0.2) is 0 Å². The fraction of sp³-hybridized carbons (Fsp3) is 0.722. The number of carboxylic acids is 2. The van der Waals surface area contributed by atoms with Gasteiger partial charge in [0.2, 0.25) is 17.7 Å². The Kier molecular flexibility index (Phi) is 9.18. The van der Waals surface area contributed by atoms with Gasteiger partial charge in [0.25, 0.3) is 0 Å². The number of nitrogens with zero attached hydrogens (tertiary/aromatic N) is 1. The molecule has 0 saturated carbocycles. The molecule has 30 heavy (non-hydrogen) atoms. The number of carbonyl (C=O) groups excluding carboxylic acids is 3. The second-order valence-corrected chi connectivity index (χ2v) is 7.69. The van der Waals surface area contributed by atoms with Gasteiger partial charge in [-0.2, -0.15) is 0 Å². The number of hydrogen-bond donors (Lipinski definition) is 6. The summed E-state index contributed by atoms with van der Waals surface area (Å²) in [6, 6.07) is -4.86. The maximum absolute atomic E-state index is 13.0. The molecule has 0 spiro atoms. The first-order valence-corrected chi connectivity index (χ1v) is 9.66. The molecule has 0 aromatic carbocycles. The number of nitrogens with two attached hydrogens (primary N) is 1. The minimum Gasteiger partial charge on any atom is -0.481 e. The number of carboxylic acid groups (broad SMARTS) is 2. The van der Waals surface area contributed by atoms with Crippen LogP contribution in [0.25, 0.3) is 0 Å². The summed E-state index contributed by atoms with van der Waals surface area (Å²) in [6.07, 6.45) is -1.15. The molecule has 5 unspecified atom stereocenters. The number of hydrogen-bond acceptors (Lipinski definition) is 7. The number of aliphatic hydroxyl groups is 1. The van der Waals surface area contributed by atoms with Crippen molar-refractivity contribution < 1.29 is 39.3 Å². The van der Waals surface area contributed by atoms with Crippen LogP contribution in [0, 0.1) is 5.92 Å². The van der Waals surface area contributed by atoms with Crippen molar-refractivity contribution >= 4 is 29.7 Å². The number of amides is 3. The van der Waals surface area contributed by atoms with Gasteiger partial charge in [-0.05, 0) is 25.7 Å². The quantitative estimate of drug-likeness (QED) is 0.224. The second kappa shape index (κ2) is 10.9. The molecule has 1 aliphatic rings. The summed E-state index contributed by atoms with van der Waals surface area (Å²) in [4.78, 5) is 61.0.